The number of carbonyl (C=O) groups excluding carboxylic acids is 1. The predicted octanol–water partition coefficient (Wildman–Crippen LogP) is 4.78. The molecule has 2 aromatic carbocycles. The van der Waals surface area contributed by atoms with Gasteiger partial charge in [-0.2, -0.15) is 0 Å². The largest absolute Gasteiger partial charge is 0.455 e. The molecule has 2 rings (SSSR count). The van der Waals surface area contributed by atoms with Crippen LogP contribution >= 0.6 is 0 Å². The second kappa shape index (κ2) is 8.17. The molecule has 0 saturated carbocycles. The van der Waals surface area contributed by atoms with Crippen LogP contribution in [0.3, 0.4) is 0 Å². The number of benzene rings is 2. The van der Waals surface area contributed by atoms with Crippen LogP contribution in [0.15, 0.2) is 54.6 Å². The highest BCUT2D eigenvalue weighted by Gasteiger charge is 2.25. The zero-order valence-corrected chi connectivity index (χ0v) is 15.7. The SMILES string of the molecule is CC(N(C)CC(=O)Nc1ccccc1Oc1ccccc1)C(C)(C)C. The van der Waals surface area contributed by atoms with Gasteiger partial charge in [-0.05, 0) is 43.7 Å². The van der Waals surface area contributed by atoms with E-state index in [1.165, 1.54) is 0 Å². The molecule has 1 N–H and O–H groups in total. The maximum atomic E-state index is 12.5. The van der Waals surface area contributed by atoms with E-state index in [1.807, 2.05) is 61.6 Å². The third-order valence-corrected chi connectivity index (χ3v) is 4.44. The average Bonchev–Trinajstić information content (AvgIpc) is 2.56. The van der Waals surface area contributed by atoms with Crippen LogP contribution < -0.4 is 10.1 Å². The molecule has 25 heavy (non-hydrogen) atoms. The Hall–Kier alpha value is -2.33. The van der Waals surface area contributed by atoms with Gasteiger partial charge in [-0.3, -0.25) is 9.69 Å². The van der Waals surface area contributed by atoms with Crippen molar-refractivity contribution in [3.05, 3.63) is 54.6 Å². The molecule has 0 heterocycles. The molecule has 1 atom stereocenters. The number of hydrogen-bond acceptors (Lipinski definition) is 3. The molecule has 0 aliphatic rings. The predicted molar refractivity (Wildman–Crippen MR) is 103 cm³/mol. The topological polar surface area (TPSA) is 41.6 Å². The minimum Gasteiger partial charge on any atom is -0.455 e. The van der Waals surface area contributed by atoms with E-state index >= 15 is 0 Å². The van der Waals surface area contributed by atoms with Gasteiger partial charge < -0.3 is 10.1 Å². The lowest BCUT2D eigenvalue weighted by Gasteiger charge is -2.34. The van der Waals surface area contributed by atoms with Crippen molar-refractivity contribution in [2.45, 2.75) is 33.7 Å². The minimum absolute atomic E-state index is 0.0530. The Kier molecular flexibility index (Phi) is 6.21. The molecule has 1 amide bonds. The number of para-hydroxylation sites is 3. The van der Waals surface area contributed by atoms with Crippen molar-refractivity contribution in [3.8, 4) is 11.5 Å². The third-order valence-electron chi connectivity index (χ3n) is 4.44. The molecule has 0 aliphatic heterocycles. The smallest absolute Gasteiger partial charge is 0.238 e. The number of hydrogen-bond donors (Lipinski definition) is 1. The number of rotatable bonds is 6. The standard InChI is InChI=1S/C21H28N2O2/c1-16(21(2,3)4)23(5)15-20(24)22-18-13-9-10-14-19(18)25-17-11-7-6-8-12-17/h6-14,16H,15H2,1-5H3,(H,22,24). The first-order valence-corrected chi connectivity index (χ1v) is 8.59. The number of amides is 1. The summed E-state index contributed by atoms with van der Waals surface area (Å²) in [5.74, 6) is 1.32. The van der Waals surface area contributed by atoms with Gasteiger partial charge in [0.25, 0.3) is 0 Å². The van der Waals surface area contributed by atoms with Crippen LogP contribution in [0.2, 0.25) is 0 Å². The van der Waals surface area contributed by atoms with Crippen LogP contribution in [0, 0.1) is 5.41 Å². The maximum absolute atomic E-state index is 12.5. The molecule has 0 saturated heterocycles. The van der Waals surface area contributed by atoms with Gasteiger partial charge in [0.1, 0.15) is 5.75 Å². The Morgan fingerprint density at radius 3 is 2.32 bits per heavy atom. The Bertz CT molecular complexity index is 693. The van der Waals surface area contributed by atoms with Gasteiger partial charge in [-0.15, -0.1) is 0 Å². The summed E-state index contributed by atoms with van der Waals surface area (Å²) in [6.45, 7) is 9.00. The van der Waals surface area contributed by atoms with Gasteiger partial charge in [-0.1, -0.05) is 51.1 Å². The molecular weight excluding hydrogens is 312 g/mol. The first-order valence-electron chi connectivity index (χ1n) is 8.59. The molecule has 134 valence electrons. The molecule has 0 aliphatic carbocycles. The lowest BCUT2D eigenvalue weighted by molar-refractivity contribution is -0.117. The van der Waals surface area contributed by atoms with Crippen molar-refractivity contribution < 1.29 is 9.53 Å². The number of anilines is 1. The summed E-state index contributed by atoms with van der Waals surface area (Å²) in [6.07, 6.45) is 0. The van der Waals surface area contributed by atoms with Crippen molar-refractivity contribution in [2.75, 3.05) is 18.9 Å². The molecule has 0 spiro atoms. The Balaban J connectivity index is 2.04. The van der Waals surface area contributed by atoms with Crippen molar-refractivity contribution in [3.63, 3.8) is 0 Å². The van der Waals surface area contributed by atoms with Crippen LogP contribution in [-0.4, -0.2) is 30.4 Å². The van der Waals surface area contributed by atoms with Crippen molar-refractivity contribution in [1.29, 1.82) is 0 Å². The number of nitrogens with one attached hydrogen (secondary N) is 1. The van der Waals surface area contributed by atoms with Crippen LogP contribution in [0.25, 0.3) is 0 Å². The molecule has 4 heteroatoms. The number of nitrogens with zero attached hydrogens (tertiary/aromatic N) is 1. The van der Waals surface area contributed by atoms with Crippen molar-refractivity contribution >= 4 is 11.6 Å². The van der Waals surface area contributed by atoms with E-state index in [-0.39, 0.29) is 17.4 Å². The van der Waals surface area contributed by atoms with E-state index in [9.17, 15) is 4.79 Å². The van der Waals surface area contributed by atoms with E-state index in [0.717, 1.165) is 5.75 Å². The molecule has 2 aromatic rings. The second-order valence-corrected chi connectivity index (χ2v) is 7.42. The van der Waals surface area contributed by atoms with E-state index < -0.39 is 0 Å². The van der Waals surface area contributed by atoms with Crippen molar-refractivity contribution in [2.24, 2.45) is 5.41 Å². The first-order chi connectivity index (χ1) is 11.8. The van der Waals surface area contributed by atoms with Crippen molar-refractivity contribution in [1.82, 2.24) is 4.90 Å². The zero-order valence-electron chi connectivity index (χ0n) is 15.7. The summed E-state index contributed by atoms with van der Waals surface area (Å²) in [7, 11) is 1.97. The minimum atomic E-state index is -0.0530. The summed E-state index contributed by atoms with van der Waals surface area (Å²) >= 11 is 0. The van der Waals surface area contributed by atoms with Gasteiger partial charge in [0.15, 0.2) is 5.75 Å². The van der Waals surface area contributed by atoms with E-state index in [2.05, 4.69) is 37.9 Å². The quantitative estimate of drug-likeness (QED) is 0.822. The monoisotopic (exact) mass is 340 g/mol. The number of ether oxygens (including phenoxy) is 1. The molecule has 4 nitrogen and oxygen atoms in total. The number of likely N-dealkylation sites (N-methyl/N-ethyl adjacent to an activating group) is 1. The fourth-order valence-corrected chi connectivity index (χ4v) is 2.49. The first kappa shape index (κ1) is 19.0. The normalized spacial score (nSPS) is 12.7. The van der Waals surface area contributed by atoms with E-state index in [1.54, 1.807) is 0 Å². The summed E-state index contributed by atoms with van der Waals surface area (Å²) in [6, 6.07) is 17.3. The van der Waals surface area contributed by atoms with Crippen LogP contribution in [-0.2, 0) is 4.79 Å². The summed E-state index contributed by atoms with van der Waals surface area (Å²) < 4.78 is 5.89. The van der Waals surface area contributed by atoms with Gasteiger partial charge >= 0.3 is 0 Å². The summed E-state index contributed by atoms with van der Waals surface area (Å²) in [5.41, 5.74) is 0.789. The molecular formula is C21H28N2O2. The average molecular weight is 340 g/mol. The van der Waals surface area contributed by atoms with Crippen LogP contribution in [0.4, 0.5) is 5.69 Å². The lowest BCUT2D eigenvalue weighted by Crippen LogP contribution is -2.43. The molecule has 0 radical (unpaired) electrons. The maximum Gasteiger partial charge on any atom is 0.238 e. The lowest BCUT2D eigenvalue weighted by atomic mass is 9.87. The zero-order chi connectivity index (χ0) is 18.4. The Morgan fingerprint density at radius 1 is 1.08 bits per heavy atom. The van der Waals surface area contributed by atoms with Gasteiger partial charge in [0.05, 0.1) is 12.2 Å². The Labute approximate surface area is 150 Å². The summed E-state index contributed by atoms with van der Waals surface area (Å²) in [4.78, 5) is 14.5. The molecule has 0 fully saturated rings. The van der Waals surface area contributed by atoms with E-state index in [4.69, 9.17) is 4.74 Å². The fraction of sp³-hybridized carbons (Fsp3) is 0.381. The highest BCUT2D eigenvalue weighted by atomic mass is 16.5. The molecule has 0 aromatic heterocycles. The number of carbonyl (C=O) groups is 1. The van der Waals surface area contributed by atoms with E-state index in [0.29, 0.717) is 18.0 Å². The van der Waals surface area contributed by atoms with Gasteiger partial charge in [0, 0.05) is 6.04 Å². The fourth-order valence-electron chi connectivity index (χ4n) is 2.49. The third kappa shape index (κ3) is 5.61. The van der Waals surface area contributed by atoms with Gasteiger partial charge in [0.2, 0.25) is 5.91 Å². The highest BCUT2D eigenvalue weighted by molar-refractivity contribution is 5.93. The molecule has 0 bridgehead atoms. The Morgan fingerprint density at radius 2 is 1.68 bits per heavy atom. The highest BCUT2D eigenvalue weighted by Crippen LogP contribution is 2.29. The van der Waals surface area contributed by atoms with Crippen LogP contribution in [0.1, 0.15) is 27.7 Å². The second-order valence-electron chi connectivity index (χ2n) is 7.42. The summed E-state index contributed by atoms with van der Waals surface area (Å²) in [5, 5.41) is 2.96. The molecule has 1 unspecified atom stereocenters. The van der Waals surface area contributed by atoms with Gasteiger partial charge in [-0.25, -0.2) is 0 Å². The van der Waals surface area contributed by atoms with Crippen LogP contribution in [0.5, 0.6) is 11.5 Å².